The maximum atomic E-state index is 12.7. The van der Waals surface area contributed by atoms with Crippen molar-refractivity contribution in [3.05, 3.63) is 52.5 Å². The molecule has 1 aromatic carbocycles. The Labute approximate surface area is 147 Å². The molecule has 25 heavy (non-hydrogen) atoms. The van der Waals surface area contributed by atoms with E-state index >= 15 is 0 Å². The van der Waals surface area contributed by atoms with Crippen LogP contribution in [0.15, 0.2) is 35.7 Å². The van der Waals surface area contributed by atoms with Gasteiger partial charge in [0.2, 0.25) is 0 Å². The van der Waals surface area contributed by atoms with Gasteiger partial charge in [-0.15, -0.1) is 11.3 Å². The number of hydrogen-bond acceptors (Lipinski definition) is 4. The van der Waals surface area contributed by atoms with E-state index in [0.717, 1.165) is 28.9 Å². The van der Waals surface area contributed by atoms with Gasteiger partial charge < -0.3 is 20.1 Å². The van der Waals surface area contributed by atoms with Crippen LogP contribution in [-0.2, 0) is 5.54 Å². The van der Waals surface area contributed by atoms with E-state index in [1.807, 2.05) is 24.3 Å². The van der Waals surface area contributed by atoms with Crippen LogP contribution in [0, 0.1) is 0 Å². The summed E-state index contributed by atoms with van der Waals surface area (Å²) in [5, 5.41) is 13.8. The molecule has 2 aromatic heterocycles. The lowest BCUT2D eigenvalue weighted by atomic mass is 10.0. The van der Waals surface area contributed by atoms with Crippen LogP contribution in [0.3, 0.4) is 0 Å². The number of benzene rings is 1. The first-order chi connectivity index (χ1) is 12.0. The number of methoxy groups -OCH3 is 1. The first-order valence-corrected chi connectivity index (χ1v) is 8.71. The fraction of sp³-hybridized carbons (Fsp3) is 0.222. The number of ether oxygens (including phenoxy) is 1. The highest BCUT2D eigenvalue weighted by Crippen LogP contribution is 2.46. The highest BCUT2D eigenvalue weighted by atomic mass is 32.1. The molecule has 2 heterocycles. The van der Waals surface area contributed by atoms with Crippen molar-refractivity contribution in [2.24, 2.45) is 0 Å². The van der Waals surface area contributed by atoms with Crippen LogP contribution in [0.4, 0.5) is 0 Å². The largest absolute Gasteiger partial charge is 0.497 e. The molecular formula is C18H16N2O4S. The van der Waals surface area contributed by atoms with Crippen molar-refractivity contribution in [3.63, 3.8) is 0 Å². The summed E-state index contributed by atoms with van der Waals surface area (Å²) in [5.41, 5.74) is 1.69. The molecule has 0 aliphatic heterocycles. The van der Waals surface area contributed by atoms with Gasteiger partial charge in [0.25, 0.3) is 5.91 Å². The van der Waals surface area contributed by atoms with Crippen molar-refractivity contribution < 1.29 is 19.4 Å². The number of carbonyl (C=O) groups is 2. The Hall–Kier alpha value is -2.80. The number of aromatic carboxylic acids is 1. The zero-order valence-corrected chi connectivity index (χ0v) is 14.3. The Kier molecular flexibility index (Phi) is 3.54. The molecule has 1 saturated carbocycles. The molecule has 1 fully saturated rings. The number of nitrogens with one attached hydrogen (secondary N) is 2. The lowest BCUT2D eigenvalue weighted by Gasteiger charge is -2.18. The van der Waals surface area contributed by atoms with Crippen LogP contribution in [0.1, 0.15) is 39.3 Å². The number of amides is 1. The topological polar surface area (TPSA) is 91.4 Å². The number of aromatic nitrogens is 1. The first kappa shape index (κ1) is 15.7. The van der Waals surface area contributed by atoms with Crippen LogP contribution in [0.25, 0.3) is 10.2 Å². The Balaban J connectivity index is 1.60. The number of carbonyl (C=O) groups excluding carboxylic acids is 1. The molecule has 4 rings (SSSR count). The monoisotopic (exact) mass is 356 g/mol. The summed E-state index contributed by atoms with van der Waals surface area (Å²) in [6, 6.07) is 9.39. The van der Waals surface area contributed by atoms with Crippen LogP contribution in [0.2, 0.25) is 0 Å². The minimum Gasteiger partial charge on any atom is -0.497 e. The maximum absolute atomic E-state index is 12.7. The summed E-state index contributed by atoms with van der Waals surface area (Å²) in [7, 11) is 1.61. The zero-order chi connectivity index (χ0) is 17.6. The zero-order valence-electron chi connectivity index (χ0n) is 13.5. The standard InChI is InChI=1S/C18H16N2O4S/c1-24-11-4-2-3-10(7-11)18(5-6-18)20-16(21)13-8-14-15(19-13)12(9-25-14)17(22)23/h2-4,7-9,19H,5-6H2,1H3,(H,20,21)(H,22,23). The van der Waals surface area contributed by atoms with E-state index in [4.69, 9.17) is 4.74 Å². The Morgan fingerprint density at radius 2 is 2.12 bits per heavy atom. The number of aromatic amines is 1. The molecule has 0 atom stereocenters. The molecule has 0 saturated heterocycles. The predicted molar refractivity (Wildman–Crippen MR) is 94.5 cm³/mol. The highest BCUT2D eigenvalue weighted by Gasteiger charge is 2.46. The molecular weight excluding hydrogens is 340 g/mol. The maximum Gasteiger partial charge on any atom is 0.338 e. The van der Waals surface area contributed by atoms with Gasteiger partial charge in [-0.25, -0.2) is 4.79 Å². The van der Waals surface area contributed by atoms with Gasteiger partial charge in [0.05, 0.1) is 28.4 Å². The smallest absolute Gasteiger partial charge is 0.338 e. The van der Waals surface area contributed by atoms with Gasteiger partial charge in [0.1, 0.15) is 11.4 Å². The van der Waals surface area contributed by atoms with Crippen LogP contribution in [0.5, 0.6) is 5.75 Å². The third-order valence-corrected chi connectivity index (χ3v) is 5.48. The molecule has 6 nitrogen and oxygen atoms in total. The summed E-state index contributed by atoms with van der Waals surface area (Å²) in [4.78, 5) is 26.8. The predicted octanol–water partition coefficient (Wildman–Crippen LogP) is 3.36. The van der Waals surface area contributed by atoms with Gasteiger partial charge in [-0.2, -0.15) is 0 Å². The molecule has 1 aliphatic carbocycles. The van der Waals surface area contributed by atoms with Gasteiger partial charge in [0.15, 0.2) is 0 Å². The van der Waals surface area contributed by atoms with E-state index < -0.39 is 5.97 Å². The summed E-state index contributed by atoms with van der Waals surface area (Å²) >= 11 is 1.31. The molecule has 0 unspecified atom stereocenters. The van der Waals surface area contributed by atoms with Crippen molar-refractivity contribution in [1.82, 2.24) is 10.3 Å². The van der Waals surface area contributed by atoms with Crippen LogP contribution >= 0.6 is 11.3 Å². The van der Waals surface area contributed by atoms with E-state index in [1.54, 1.807) is 18.6 Å². The second-order valence-electron chi connectivity index (χ2n) is 6.14. The molecule has 0 spiro atoms. The number of carboxylic acid groups (broad SMARTS) is 1. The van der Waals surface area contributed by atoms with Gasteiger partial charge in [-0.1, -0.05) is 12.1 Å². The SMILES string of the molecule is COc1cccc(C2(NC(=O)c3cc4scc(C(=O)O)c4[nH]3)CC2)c1. The van der Waals surface area contributed by atoms with E-state index in [1.165, 1.54) is 11.3 Å². The quantitative estimate of drug-likeness (QED) is 0.654. The fourth-order valence-corrected chi connectivity index (χ4v) is 3.93. The number of rotatable bonds is 5. The highest BCUT2D eigenvalue weighted by molar-refractivity contribution is 7.17. The Bertz CT molecular complexity index is 984. The number of hydrogen-bond donors (Lipinski definition) is 3. The molecule has 1 aliphatic rings. The Morgan fingerprint density at radius 3 is 2.80 bits per heavy atom. The third-order valence-electron chi connectivity index (χ3n) is 4.55. The van der Waals surface area contributed by atoms with Crippen LogP contribution < -0.4 is 10.1 Å². The van der Waals surface area contributed by atoms with Crippen LogP contribution in [-0.4, -0.2) is 29.1 Å². The van der Waals surface area contributed by atoms with E-state index in [-0.39, 0.29) is 17.0 Å². The average molecular weight is 356 g/mol. The first-order valence-electron chi connectivity index (χ1n) is 7.83. The summed E-state index contributed by atoms with van der Waals surface area (Å²) in [6.45, 7) is 0. The van der Waals surface area contributed by atoms with E-state index in [9.17, 15) is 14.7 Å². The lowest BCUT2D eigenvalue weighted by Crippen LogP contribution is -2.35. The van der Waals surface area contributed by atoms with Gasteiger partial charge in [-0.05, 0) is 36.6 Å². The molecule has 3 N–H and O–H groups in total. The van der Waals surface area contributed by atoms with E-state index in [2.05, 4.69) is 10.3 Å². The molecule has 7 heteroatoms. The molecule has 3 aromatic rings. The van der Waals surface area contributed by atoms with Crippen molar-refractivity contribution >= 4 is 33.4 Å². The second kappa shape index (κ2) is 5.63. The minimum absolute atomic E-state index is 0.188. The number of thiophene rings is 1. The number of carboxylic acids is 1. The van der Waals surface area contributed by atoms with Gasteiger partial charge >= 0.3 is 5.97 Å². The summed E-state index contributed by atoms with van der Waals surface area (Å²) in [5.74, 6) is -0.486. The molecule has 0 bridgehead atoms. The average Bonchev–Trinajstić information content (AvgIpc) is 3.08. The fourth-order valence-electron chi connectivity index (χ4n) is 3.01. The van der Waals surface area contributed by atoms with Gasteiger partial charge in [-0.3, -0.25) is 4.79 Å². The van der Waals surface area contributed by atoms with Crippen molar-refractivity contribution in [3.8, 4) is 5.75 Å². The van der Waals surface area contributed by atoms with E-state index in [0.29, 0.717) is 11.2 Å². The van der Waals surface area contributed by atoms with Gasteiger partial charge in [0, 0.05) is 5.38 Å². The minimum atomic E-state index is -1.00. The Morgan fingerprint density at radius 1 is 1.32 bits per heavy atom. The van der Waals surface area contributed by atoms with Crippen molar-refractivity contribution in [2.75, 3.05) is 7.11 Å². The second-order valence-corrected chi connectivity index (χ2v) is 7.06. The molecule has 128 valence electrons. The lowest BCUT2D eigenvalue weighted by molar-refractivity contribution is 0.0698. The summed E-state index contributed by atoms with van der Waals surface area (Å²) < 4.78 is 6.02. The third kappa shape index (κ3) is 2.66. The summed E-state index contributed by atoms with van der Waals surface area (Å²) in [6.07, 6.45) is 1.72. The number of fused-ring (bicyclic) bond motifs is 1. The van der Waals surface area contributed by atoms with Crippen molar-refractivity contribution in [1.29, 1.82) is 0 Å². The number of H-pyrrole nitrogens is 1. The van der Waals surface area contributed by atoms with Crippen molar-refractivity contribution in [2.45, 2.75) is 18.4 Å². The normalized spacial score (nSPS) is 15.1. The molecule has 1 amide bonds. The molecule has 0 radical (unpaired) electrons.